The second-order valence-corrected chi connectivity index (χ2v) is 14.8. The zero-order chi connectivity index (χ0) is 36.4. The molecule has 0 amide bonds. The van der Waals surface area contributed by atoms with Gasteiger partial charge in [0.1, 0.15) is 6.61 Å². The third-order valence-corrected chi connectivity index (χ3v) is 8.69. The maximum absolute atomic E-state index is 12.4. The van der Waals surface area contributed by atoms with Crippen LogP contribution < -0.4 is 0 Å². The molecule has 0 aromatic rings. The van der Waals surface area contributed by atoms with E-state index < -0.39 is 38.6 Å². The minimum Gasteiger partial charge on any atom is -0.462 e. The number of phosphoric ester groups is 1. The summed E-state index contributed by atoms with van der Waals surface area (Å²) in [5.41, 5.74) is 0. The predicted octanol–water partition coefficient (Wildman–Crippen LogP) is 10.2. The van der Waals surface area contributed by atoms with Crippen molar-refractivity contribution in [3.8, 4) is 0 Å². The van der Waals surface area contributed by atoms with Crippen LogP contribution in [0.5, 0.6) is 0 Å². The van der Waals surface area contributed by atoms with E-state index in [1.807, 2.05) is 18.2 Å². The molecule has 0 aromatic carbocycles. The van der Waals surface area contributed by atoms with Crippen molar-refractivity contribution in [2.45, 2.75) is 181 Å². The molecule has 0 bridgehead atoms. The SMILES string of the molecule is CC/C=C/C/C=C/C=C/C(O)CCCCCCCC(=O)OC[C@H](COP(=O)(O)O)OC(=O)CCCCCCCCCCCCCCC(C)C. The van der Waals surface area contributed by atoms with Crippen LogP contribution in [0.1, 0.15) is 168 Å². The number of rotatable bonds is 34. The minimum atomic E-state index is -4.77. The van der Waals surface area contributed by atoms with Crippen molar-refractivity contribution in [2.24, 2.45) is 5.92 Å². The standard InChI is InChI=1S/C39H71O9P/c1-4-5-6-7-14-19-24-29-36(40)30-25-20-17-22-26-31-38(41)46-33-37(34-47-49(43,44)45)48-39(42)32-27-21-16-13-11-9-8-10-12-15-18-23-28-35(2)3/h5-6,14,19,24,29,35-37,40H,4,7-13,15-18,20-23,25-28,30-34H2,1-3H3,(H2,43,44,45)/b6-5+,19-14+,29-24+/t36?,37-/m1/s1. The van der Waals surface area contributed by atoms with Crippen molar-refractivity contribution in [3.05, 3.63) is 36.5 Å². The molecule has 2 atom stereocenters. The summed E-state index contributed by atoms with van der Waals surface area (Å²) in [5, 5.41) is 10.1. The first-order valence-corrected chi connectivity index (χ1v) is 20.8. The van der Waals surface area contributed by atoms with Gasteiger partial charge in [-0.2, -0.15) is 0 Å². The van der Waals surface area contributed by atoms with E-state index in [4.69, 9.17) is 19.3 Å². The molecule has 0 aliphatic heterocycles. The van der Waals surface area contributed by atoms with Gasteiger partial charge in [-0.1, -0.05) is 160 Å². The highest BCUT2D eigenvalue weighted by Gasteiger charge is 2.22. The van der Waals surface area contributed by atoms with Gasteiger partial charge in [0.25, 0.3) is 0 Å². The molecule has 1 unspecified atom stereocenters. The number of aliphatic hydroxyl groups is 1. The number of phosphoric acid groups is 1. The van der Waals surface area contributed by atoms with Crippen molar-refractivity contribution in [1.29, 1.82) is 0 Å². The molecule has 49 heavy (non-hydrogen) atoms. The van der Waals surface area contributed by atoms with Crippen LogP contribution in [-0.4, -0.2) is 52.3 Å². The summed E-state index contributed by atoms with van der Waals surface area (Å²) >= 11 is 0. The van der Waals surface area contributed by atoms with Crippen molar-refractivity contribution in [3.63, 3.8) is 0 Å². The van der Waals surface area contributed by atoms with Crippen molar-refractivity contribution >= 4 is 19.8 Å². The molecule has 0 aromatic heterocycles. The number of hydrogen-bond acceptors (Lipinski definition) is 7. The van der Waals surface area contributed by atoms with Crippen molar-refractivity contribution in [1.82, 2.24) is 0 Å². The van der Waals surface area contributed by atoms with Crippen LogP contribution in [0.2, 0.25) is 0 Å². The van der Waals surface area contributed by atoms with Crippen molar-refractivity contribution < 1.29 is 43.0 Å². The number of esters is 2. The molecule has 0 rings (SSSR count). The van der Waals surface area contributed by atoms with Gasteiger partial charge in [-0.15, -0.1) is 0 Å². The summed E-state index contributed by atoms with van der Waals surface area (Å²) in [5.74, 6) is -0.151. The Morgan fingerprint density at radius 2 is 1.16 bits per heavy atom. The van der Waals surface area contributed by atoms with Gasteiger partial charge < -0.3 is 24.4 Å². The Morgan fingerprint density at radius 3 is 1.69 bits per heavy atom. The van der Waals surface area contributed by atoms with Gasteiger partial charge in [-0.3, -0.25) is 14.1 Å². The van der Waals surface area contributed by atoms with Crippen molar-refractivity contribution in [2.75, 3.05) is 13.2 Å². The monoisotopic (exact) mass is 714 g/mol. The second-order valence-electron chi connectivity index (χ2n) is 13.6. The van der Waals surface area contributed by atoms with Crippen LogP contribution in [0.15, 0.2) is 36.5 Å². The van der Waals surface area contributed by atoms with Gasteiger partial charge in [0.2, 0.25) is 0 Å². The molecule has 3 N–H and O–H groups in total. The summed E-state index contributed by atoms with van der Waals surface area (Å²) in [4.78, 5) is 42.7. The number of ether oxygens (including phenoxy) is 2. The first-order valence-electron chi connectivity index (χ1n) is 19.2. The molecule has 0 aliphatic rings. The topological polar surface area (TPSA) is 140 Å². The molecule has 0 aliphatic carbocycles. The largest absolute Gasteiger partial charge is 0.469 e. The van der Waals surface area contributed by atoms with E-state index in [1.165, 1.54) is 57.8 Å². The Hall–Kier alpha value is -1.77. The normalized spacial score (nSPS) is 13.6. The summed E-state index contributed by atoms with van der Waals surface area (Å²) in [6.45, 7) is 5.79. The van der Waals surface area contributed by atoms with Crippen LogP contribution >= 0.6 is 7.82 Å². The molecule has 0 saturated heterocycles. The maximum atomic E-state index is 12.4. The first kappa shape index (κ1) is 47.2. The van der Waals surface area contributed by atoms with E-state index in [0.29, 0.717) is 19.3 Å². The van der Waals surface area contributed by atoms with Crippen LogP contribution in [0.4, 0.5) is 0 Å². The molecular formula is C39H71O9P. The van der Waals surface area contributed by atoms with Gasteiger partial charge in [-0.25, -0.2) is 4.57 Å². The lowest BCUT2D eigenvalue weighted by Crippen LogP contribution is -2.29. The van der Waals surface area contributed by atoms with Gasteiger partial charge in [0.05, 0.1) is 12.7 Å². The summed E-state index contributed by atoms with van der Waals surface area (Å²) in [7, 11) is -4.77. The lowest BCUT2D eigenvalue weighted by molar-refractivity contribution is -0.161. The van der Waals surface area contributed by atoms with Gasteiger partial charge in [0, 0.05) is 12.8 Å². The summed E-state index contributed by atoms with van der Waals surface area (Å²) in [6, 6.07) is 0. The number of aliphatic hydroxyl groups excluding tert-OH is 1. The third kappa shape index (κ3) is 37.3. The fourth-order valence-corrected chi connectivity index (χ4v) is 5.69. The minimum absolute atomic E-state index is 0.193. The summed E-state index contributed by atoms with van der Waals surface area (Å²) in [6.07, 6.45) is 33.2. The molecule has 0 heterocycles. The first-order chi connectivity index (χ1) is 23.5. The van der Waals surface area contributed by atoms with E-state index in [2.05, 4.69) is 37.4 Å². The maximum Gasteiger partial charge on any atom is 0.469 e. The molecule has 0 fully saturated rings. The summed E-state index contributed by atoms with van der Waals surface area (Å²) < 4.78 is 26.3. The lowest BCUT2D eigenvalue weighted by atomic mass is 10.0. The van der Waals surface area contributed by atoms with E-state index in [9.17, 15) is 19.3 Å². The average molecular weight is 715 g/mol. The Kier molecular flexibility index (Phi) is 32.2. The van der Waals surface area contributed by atoms with Gasteiger partial charge in [-0.05, 0) is 38.0 Å². The molecule has 10 heteroatoms. The predicted molar refractivity (Wildman–Crippen MR) is 199 cm³/mol. The van der Waals surface area contributed by atoms with Gasteiger partial charge >= 0.3 is 19.8 Å². The highest BCUT2D eigenvalue weighted by molar-refractivity contribution is 7.46. The zero-order valence-electron chi connectivity index (χ0n) is 31.1. The molecular weight excluding hydrogens is 643 g/mol. The van der Waals surface area contributed by atoms with Crippen LogP contribution in [0.3, 0.4) is 0 Å². The van der Waals surface area contributed by atoms with E-state index in [-0.39, 0.29) is 19.4 Å². The number of allylic oxidation sites excluding steroid dienone is 5. The van der Waals surface area contributed by atoms with E-state index in [1.54, 1.807) is 6.08 Å². The van der Waals surface area contributed by atoms with E-state index >= 15 is 0 Å². The highest BCUT2D eigenvalue weighted by Crippen LogP contribution is 2.36. The molecule has 286 valence electrons. The smallest absolute Gasteiger partial charge is 0.462 e. The van der Waals surface area contributed by atoms with Gasteiger partial charge in [0.15, 0.2) is 6.10 Å². The van der Waals surface area contributed by atoms with Crippen LogP contribution in [0, 0.1) is 5.92 Å². The molecule has 0 saturated carbocycles. The molecule has 9 nitrogen and oxygen atoms in total. The second kappa shape index (κ2) is 33.4. The molecule has 0 radical (unpaired) electrons. The lowest BCUT2D eigenvalue weighted by Gasteiger charge is -2.18. The number of unbranched alkanes of at least 4 members (excludes halogenated alkanes) is 15. The van der Waals surface area contributed by atoms with Crippen LogP contribution in [-0.2, 0) is 28.2 Å². The Labute approximate surface area is 298 Å². The Morgan fingerprint density at radius 1 is 0.653 bits per heavy atom. The Balaban J connectivity index is 4.04. The number of carbonyl (C=O) groups is 2. The fraction of sp³-hybridized carbons (Fsp3) is 0.795. The fourth-order valence-electron chi connectivity index (χ4n) is 5.33. The highest BCUT2D eigenvalue weighted by atomic mass is 31.2. The average Bonchev–Trinajstić information content (AvgIpc) is 3.04. The number of hydrogen-bond donors (Lipinski definition) is 3. The van der Waals surface area contributed by atoms with E-state index in [0.717, 1.165) is 63.7 Å². The zero-order valence-corrected chi connectivity index (χ0v) is 32.0. The Bertz CT molecular complexity index is 925. The molecule has 0 spiro atoms. The van der Waals surface area contributed by atoms with Crippen LogP contribution in [0.25, 0.3) is 0 Å². The third-order valence-electron chi connectivity index (χ3n) is 8.21. The number of carbonyl (C=O) groups excluding carboxylic acids is 2. The quantitative estimate of drug-likeness (QED) is 0.0195.